The van der Waals surface area contributed by atoms with Crippen LogP contribution in [0.5, 0.6) is 5.75 Å². The number of carbonyl (C=O) groups excluding carboxylic acids is 3. The zero-order valence-corrected chi connectivity index (χ0v) is 19.6. The lowest BCUT2D eigenvalue weighted by atomic mass is 9.78. The monoisotopic (exact) mass is 474 g/mol. The summed E-state index contributed by atoms with van der Waals surface area (Å²) in [6.07, 6.45) is 4.05. The first-order chi connectivity index (χ1) is 16.6. The standard InChI is InChI=1S/C27H26N2O4S/c30-25(24-10-5-17-34-24)28-19-11-13-20(14-12-19)33-27(32)22-8-3-2-7-21(22)26(31)29-16-15-18-6-1-4-9-23(18)29/h1,4-6,9-14,17,21-22H,2-3,7-8,15-16H2,(H,28,30). The molecule has 1 aliphatic heterocycles. The number of carbonyl (C=O) groups is 3. The molecule has 0 saturated heterocycles. The molecule has 6 nitrogen and oxygen atoms in total. The average molecular weight is 475 g/mol. The summed E-state index contributed by atoms with van der Waals surface area (Å²) >= 11 is 1.37. The van der Waals surface area contributed by atoms with Gasteiger partial charge in [0.1, 0.15) is 5.75 Å². The number of hydrogen-bond acceptors (Lipinski definition) is 5. The van der Waals surface area contributed by atoms with Gasteiger partial charge in [-0.1, -0.05) is 37.1 Å². The molecule has 174 valence electrons. The van der Waals surface area contributed by atoms with E-state index in [0.29, 0.717) is 35.7 Å². The maximum absolute atomic E-state index is 13.5. The van der Waals surface area contributed by atoms with Crippen LogP contribution in [0, 0.1) is 11.8 Å². The van der Waals surface area contributed by atoms with E-state index in [1.54, 1.807) is 30.3 Å². The molecule has 2 aliphatic rings. The molecule has 1 fully saturated rings. The third-order valence-corrected chi connectivity index (χ3v) is 7.48. The Kier molecular flexibility index (Phi) is 6.45. The van der Waals surface area contributed by atoms with Gasteiger partial charge in [0.15, 0.2) is 0 Å². The molecule has 7 heteroatoms. The summed E-state index contributed by atoms with van der Waals surface area (Å²) in [5.74, 6) is -0.919. The molecule has 0 bridgehead atoms. The van der Waals surface area contributed by atoms with Gasteiger partial charge in [0.2, 0.25) is 5.91 Å². The highest BCUT2D eigenvalue weighted by molar-refractivity contribution is 7.12. The number of esters is 1. The van der Waals surface area contributed by atoms with E-state index in [9.17, 15) is 14.4 Å². The average Bonchev–Trinajstić information content (AvgIpc) is 3.55. The lowest BCUT2D eigenvalue weighted by Gasteiger charge is -2.32. The van der Waals surface area contributed by atoms with Crippen molar-refractivity contribution in [2.75, 3.05) is 16.8 Å². The highest BCUT2D eigenvalue weighted by atomic mass is 32.1. The molecule has 2 unspecified atom stereocenters. The van der Waals surface area contributed by atoms with Crippen molar-refractivity contribution in [3.8, 4) is 5.75 Å². The lowest BCUT2D eigenvalue weighted by molar-refractivity contribution is -0.145. The second-order valence-electron chi connectivity index (χ2n) is 8.74. The molecule has 2 heterocycles. The Balaban J connectivity index is 1.24. The van der Waals surface area contributed by atoms with E-state index in [0.717, 1.165) is 24.9 Å². The van der Waals surface area contributed by atoms with Gasteiger partial charge in [-0.25, -0.2) is 0 Å². The fraction of sp³-hybridized carbons (Fsp3) is 0.296. The molecule has 2 amide bonds. The zero-order valence-electron chi connectivity index (χ0n) is 18.7. The van der Waals surface area contributed by atoms with Crippen LogP contribution >= 0.6 is 11.3 Å². The van der Waals surface area contributed by atoms with Crippen molar-refractivity contribution in [2.24, 2.45) is 11.8 Å². The minimum absolute atomic E-state index is 0.0261. The number of nitrogens with zero attached hydrogens (tertiary/aromatic N) is 1. The Hall–Kier alpha value is -3.45. The summed E-state index contributed by atoms with van der Waals surface area (Å²) in [5, 5.41) is 4.68. The molecule has 2 aromatic carbocycles. The Labute approximate surface area is 202 Å². The normalized spacial score (nSPS) is 19.4. The number of ether oxygens (including phenoxy) is 1. The van der Waals surface area contributed by atoms with E-state index in [-0.39, 0.29) is 23.7 Å². The number of amides is 2. The van der Waals surface area contributed by atoms with E-state index in [1.807, 2.05) is 34.5 Å². The second-order valence-corrected chi connectivity index (χ2v) is 9.69. The van der Waals surface area contributed by atoms with Crippen LogP contribution < -0.4 is 15.0 Å². The van der Waals surface area contributed by atoms with Gasteiger partial charge < -0.3 is 15.0 Å². The number of anilines is 2. The van der Waals surface area contributed by atoms with Crippen LogP contribution in [-0.2, 0) is 16.0 Å². The van der Waals surface area contributed by atoms with Crippen molar-refractivity contribution in [1.82, 2.24) is 0 Å². The SMILES string of the molecule is O=C(Nc1ccc(OC(=O)C2CCCCC2C(=O)N2CCc3ccccc32)cc1)c1cccs1. The summed E-state index contributed by atoms with van der Waals surface area (Å²) in [4.78, 5) is 41.2. The van der Waals surface area contributed by atoms with Gasteiger partial charge in [0, 0.05) is 17.9 Å². The smallest absolute Gasteiger partial charge is 0.315 e. The topological polar surface area (TPSA) is 75.7 Å². The predicted molar refractivity (Wildman–Crippen MR) is 132 cm³/mol. The molecule has 1 saturated carbocycles. The van der Waals surface area contributed by atoms with Crippen molar-refractivity contribution in [3.63, 3.8) is 0 Å². The molecule has 0 radical (unpaired) electrons. The minimum Gasteiger partial charge on any atom is -0.426 e. The number of nitrogens with one attached hydrogen (secondary N) is 1. The van der Waals surface area contributed by atoms with Crippen molar-refractivity contribution in [1.29, 1.82) is 0 Å². The molecule has 3 aromatic rings. The Bertz CT molecular complexity index is 1190. The van der Waals surface area contributed by atoms with Gasteiger partial charge in [-0.15, -0.1) is 11.3 Å². The van der Waals surface area contributed by atoms with Crippen molar-refractivity contribution >= 4 is 40.5 Å². The molecular formula is C27H26N2O4S. The maximum Gasteiger partial charge on any atom is 0.315 e. The van der Waals surface area contributed by atoms with E-state index >= 15 is 0 Å². The van der Waals surface area contributed by atoms with Crippen LogP contribution in [0.2, 0.25) is 0 Å². The fourth-order valence-corrected chi connectivity index (χ4v) is 5.49. The summed E-state index contributed by atoms with van der Waals surface area (Å²) < 4.78 is 5.68. The highest BCUT2D eigenvalue weighted by Gasteiger charge is 2.40. The first-order valence-corrected chi connectivity index (χ1v) is 12.5. The third kappa shape index (κ3) is 4.61. The van der Waals surface area contributed by atoms with E-state index in [2.05, 4.69) is 11.4 Å². The largest absolute Gasteiger partial charge is 0.426 e. The minimum atomic E-state index is -0.452. The lowest BCUT2D eigenvalue weighted by Crippen LogP contribution is -2.43. The van der Waals surface area contributed by atoms with E-state index < -0.39 is 5.92 Å². The number of rotatable bonds is 5. The van der Waals surface area contributed by atoms with Crippen LogP contribution in [0.3, 0.4) is 0 Å². The fourth-order valence-electron chi connectivity index (χ4n) is 4.87. The van der Waals surface area contributed by atoms with Crippen LogP contribution in [0.1, 0.15) is 40.9 Å². The van der Waals surface area contributed by atoms with Crippen LogP contribution in [-0.4, -0.2) is 24.3 Å². The Morgan fingerprint density at radius 3 is 2.44 bits per heavy atom. The van der Waals surface area contributed by atoms with Crippen LogP contribution in [0.4, 0.5) is 11.4 Å². The number of fused-ring (bicyclic) bond motifs is 1. The van der Waals surface area contributed by atoms with Gasteiger partial charge in [-0.3, -0.25) is 14.4 Å². The van der Waals surface area contributed by atoms with E-state index in [4.69, 9.17) is 4.74 Å². The van der Waals surface area contributed by atoms with Crippen LogP contribution in [0.25, 0.3) is 0 Å². The predicted octanol–water partition coefficient (Wildman–Crippen LogP) is 5.30. The molecule has 5 rings (SSSR count). The second kappa shape index (κ2) is 9.81. The first kappa shape index (κ1) is 22.3. The van der Waals surface area contributed by atoms with Gasteiger partial charge in [-0.2, -0.15) is 0 Å². The van der Waals surface area contributed by atoms with Gasteiger partial charge >= 0.3 is 5.97 Å². The maximum atomic E-state index is 13.5. The van der Waals surface area contributed by atoms with Crippen LogP contribution in [0.15, 0.2) is 66.0 Å². The molecular weight excluding hydrogens is 448 g/mol. The van der Waals surface area contributed by atoms with Crippen molar-refractivity contribution in [3.05, 3.63) is 76.5 Å². The number of hydrogen-bond donors (Lipinski definition) is 1. The van der Waals surface area contributed by atoms with Gasteiger partial charge in [-0.05, 0) is 66.6 Å². The summed E-state index contributed by atoms with van der Waals surface area (Å²) in [6, 6.07) is 18.3. The summed E-state index contributed by atoms with van der Waals surface area (Å²) in [7, 11) is 0. The molecule has 2 atom stereocenters. The summed E-state index contributed by atoms with van der Waals surface area (Å²) in [5.41, 5.74) is 2.76. The Morgan fingerprint density at radius 1 is 0.912 bits per heavy atom. The molecule has 1 aromatic heterocycles. The first-order valence-electron chi connectivity index (χ1n) is 11.7. The molecule has 1 N–H and O–H groups in total. The molecule has 0 spiro atoms. The highest BCUT2D eigenvalue weighted by Crippen LogP contribution is 2.36. The Morgan fingerprint density at radius 2 is 1.68 bits per heavy atom. The number of benzene rings is 2. The number of thiophene rings is 1. The third-order valence-electron chi connectivity index (χ3n) is 6.61. The molecule has 34 heavy (non-hydrogen) atoms. The van der Waals surface area contributed by atoms with Crippen molar-refractivity contribution < 1.29 is 19.1 Å². The quantitative estimate of drug-likeness (QED) is 0.402. The zero-order chi connectivity index (χ0) is 23.5. The van der Waals surface area contributed by atoms with Gasteiger partial charge in [0.25, 0.3) is 5.91 Å². The molecule has 1 aliphatic carbocycles. The number of para-hydroxylation sites is 1. The summed E-state index contributed by atoms with van der Waals surface area (Å²) in [6.45, 7) is 0.662. The van der Waals surface area contributed by atoms with Gasteiger partial charge in [0.05, 0.1) is 16.7 Å². The van der Waals surface area contributed by atoms with Crippen molar-refractivity contribution in [2.45, 2.75) is 32.1 Å². The van der Waals surface area contributed by atoms with E-state index in [1.165, 1.54) is 16.9 Å².